The van der Waals surface area contributed by atoms with Crippen LogP contribution in [0.15, 0.2) is 52.9 Å². The van der Waals surface area contributed by atoms with Crippen LogP contribution < -0.4 is 5.32 Å². The fourth-order valence-corrected chi connectivity index (χ4v) is 3.14. The smallest absolute Gasteiger partial charge is 0.336 e. The number of dihydropyridines is 1. The zero-order chi connectivity index (χ0) is 15.7. The monoisotopic (exact) mass is 301 g/mol. The maximum atomic E-state index is 13.4. The van der Waals surface area contributed by atoms with Gasteiger partial charge in [-0.25, -0.2) is 9.18 Å². The molecule has 1 aromatic rings. The van der Waals surface area contributed by atoms with Crippen molar-refractivity contribution in [2.24, 2.45) is 0 Å². The molecule has 1 aliphatic carbocycles. The number of hydrogen-bond acceptors (Lipinski definition) is 4. The number of hydrogen-bond donors (Lipinski definition) is 1. The number of benzene rings is 1. The predicted molar refractivity (Wildman–Crippen MR) is 78.6 cm³/mol. The van der Waals surface area contributed by atoms with Gasteiger partial charge < -0.3 is 10.1 Å². The van der Waals surface area contributed by atoms with Crippen molar-refractivity contribution in [2.45, 2.75) is 18.8 Å². The van der Waals surface area contributed by atoms with Gasteiger partial charge in [0.15, 0.2) is 5.78 Å². The SMILES string of the molecule is COC(=O)C1=C(CF)NC2=C(C(=O)CC2)C1c1ccccc1. The van der Waals surface area contributed by atoms with E-state index in [9.17, 15) is 14.0 Å². The van der Waals surface area contributed by atoms with Crippen LogP contribution >= 0.6 is 0 Å². The summed E-state index contributed by atoms with van der Waals surface area (Å²) in [7, 11) is 1.26. The Labute approximate surface area is 127 Å². The Kier molecular flexibility index (Phi) is 3.79. The van der Waals surface area contributed by atoms with E-state index in [2.05, 4.69) is 5.32 Å². The van der Waals surface area contributed by atoms with Crippen molar-refractivity contribution in [1.82, 2.24) is 5.32 Å². The summed E-state index contributed by atoms with van der Waals surface area (Å²) >= 11 is 0. The minimum absolute atomic E-state index is 0.00401. The highest BCUT2D eigenvalue weighted by atomic mass is 19.1. The predicted octanol–water partition coefficient (Wildman–Crippen LogP) is 2.39. The van der Waals surface area contributed by atoms with E-state index < -0.39 is 18.6 Å². The topological polar surface area (TPSA) is 55.4 Å². The van der Waals surface area contributed by atoms with Crippen LogP contribution in [0.3, 0.4) is 0 Å². The van der Waals surface area contributed by atoms with Crippen LogP contribution in [-0.2, 0) is 14.3 Å². The number of Topliss-reactive ketones (excluding diaryl/α,β-unsaturated/α-hetero) is 1. The summed E-state index contributed by atoms with van der Waals surface area (Å²) in [5.41, 5.74) is 2.44. The van der Waals surface area contributed by atoms with Crippen molar-refractivity contribution in [3.63, 3.8) is 0 Å². The van der Waals surface area contributed by atoms with E-state index in [0.717, 1.165) is 11.3 Å². The first-order valence-corrected chi connectivity index (χ1v) is 7.13. The fraction of sp³-hybridized carbons (Fsp3) is 0.294. The molecule has 0 bridgehead atoms. The number of rotatable bonds is 3. The van der Waals surface area contributed by atoms with Crippen LogP contribution in [0.4, 0.5) is 4.39 Å². The van der Waals surface area contributed by atoms with Crippen molar-refractivity contribution >= 4 is 11.8 Å². The molecule has 1 unspecified atom stereocenters. The molecule has 1 aromatic carbocycles. The second-order valence-corrected chi connectivity index (χ2v) is 5.30. The van der Waals surface area contributed by atoms with E-state index in [1.807, 2.05) is 30.3 Å². The number of allylic oxidation sites excluding steroid dienone is 3. The van der Waals surface area contributed by atoms with Gasteiger partial charge in [-0.15, -0.1) is 0 Å². The van der Waals surface area contributed by atoms with Gasteiger partial charge >= 0.3 is 5.97 Å². The van der Waals surface area contributed by atoms with Gasteiger partial charge in [0.2, 0.25) is 0 Å². The lowest BCUT2D eigenvalue weighted by atomic mass is 9.80. The number of ketones is 1. The number of esters is 1. The van der Waals surface area contributed by atoms with Crippen LogP contribution in [0.2, 0.25) is 0 Å². The molecule has 0 radical (unpaired) electrons. The molecule has 114 valence electrons. The zero-order valence-electron chi connectivity index (χ0n) is 12.2. The third-order valence-electron chi connectivity index (χ3n) is 4.10. The summed E-state index contributed by atoms with van der Waals surface area (Å²) < 4.78 is 18.3. The molecule has 1 heterocycles. The molecule has 0 aromatic heterocycles. The van der Waals surface area contributed by atoms with E-state index in [1.54, 1.807) is 0 Å². The third-order valence-corrected chi connectivity index (χ3v) is 4.10. The number of alkyl halides is 1. The van der Waals surface area contributed by atoms with Gasteiger partial charge in [-0.2, -0.15) is 0 Å². The van der Waals surface area contributed by atoms with E-state index in [1.165, 1.54) is 7.11 Å². The Morgan fingerprint density at radius 1 is 1.32 bits per heavy atom. The fourth-order valence-electron chi connectivity index (χ4n) is 3.14. The third kappa shape index (κ3) is 2.22. The van der Waals surface area contributed by atoms with Gasteiger partial charge in [0.1, 0.15) is 6.67 Å². The van der Waals surface area contributed by atoms with Gasteiger partial charge in [-0.3, -0.25) is 4.79 Å². The molecule has 1 atom stereocenters. The molecule has 22 heavy (non-hydrogen) atoms. The summed E-state index contributed by atoms with van der Waals surface area (Å²) in [6.07, 6.45) is 0.935. The van der Waals surface area contributed by atoms with Crippen molar-refractivity contribution < 1.29 is 18.7 Å². The molecular formula is C17H16FNO3. The van der Waals surface area contributed by atoms with Gasteiger partial charge in [0, 0.05) is 23.6 Å². The number of carbonyl (C=O) groups excluding carboxylic acids is 2. The minimum Gasteiger partial charge on any atom is -0.466 e. The van der Waals surface area contributed by atoms with Gasteiger partial charge in [-0.1, -0.05) is 30.3 Å². The van der Waals surface area contributed by atoms with E-state index in [-0.39, 0.29) is 17.1 Å². The first kappa shape index (κ1) is 14.5. The number of halogens is 1. The Hall–Kier alpha value is -2.43. The van der Waals surface area contributed by atoms with E-state index >= 15 is 0 Å². The molecule has 4 nitrogen and oxygen atoms in total. The normalized spacial score (nSPS) is 20.8. The van der Waals surface area contributed by atoms with Crippen molar-refractivity contribution in [1.29, 1.82) is 0 Å². The second kappa shape index (κ2) is 5.75. The van der Waals surface area contributed by atoms with Gasteiger partial charge in [-0.05, 0) is 12.0 Å². The van der Waals surface area contributed by atoms with Crippen molar-refractivity contribution in [3.8, 4) is 0 Å². The van der Waals surface area contributed by atoms with Crippen LogP contribution in [0.1, 0.15) is 24.3 Å². The summed E-state index contributed by atoms with van der Waals surface area (Å²) in [5.74, 6) is -1.18. The number of ether oxygens (including phenoxy) is 1. The highest BCUT2D eigenvalue weighted by molar-refractivity contribution is 6.05. The highest BCUT2D eigenvalue weighted by Gasteiger charge is 2.40. The van der Waals surface area contributed by atoms with Crippen LogP contribution in [0.5, 0.6) is 0 Å². The maximum absolute atomic E-state index is 13.4. The Morgan fingerprint density at radius 2 is 2.05 bits per heavy atom. The lowest BCUT2D eigenvalue weighted by molar-refractivity contribution is -0.136. The molecule has 0 amide bonds. The molecule has 0 saturated carbocycles. The van der Waals surface area contributed by atoms with Gasteiger partial charge in [0.05, 0.1) is 18.4 Å². The molecule has 1 aliphatic heterocycles. The van der Waals surface area contributed by atoms with Crippen LogP contribution in [0.25, 0.3) is 0 Å². The number of nitrogens with one attached hydrogen (secondary N) is 1. The van der Waals surface area contributed by atoms with Crippen molar-refractivity contribution in [3.05, 3.63) is 58.4 Å². The molecule has 1 N–H and O–H groups in total. The van der Waals surface area contributed by atoms with Gasteiger partial charge in [0.25, 0.3) is 0 Å². The first-order chi connectivity index (χ1) is 10.7. The molecule has 0 fully saturated rings. The zero-order valence-corrected chi connectivity index (χ0v) is 12.2. The maximum Gasteiger partial charge on any atom is 0.336 e. The van der Waals surface area contributed by atoms with Crippen LogP contribution in [-0.4, -0.2) is 25.5 Å². The average molecular weight is 301 g/mol. The second-order valence-electron chi connectivity index (χ2n) is 5.30. The average Bonchev–Trinajstić information content (AvgIpc) is 2.94. The van der Waals surface area contributed by atoms with Crippen molar-refractivity contribution in [2.75, 3.05) is 13.8 Å². The van der Waals surface area contributed by atoms with E-state index in [4.69, 9.17) is 4.74 Å². The summed E-state index contributed by atoms with van der Waals surface area (Å²) in [6.45, 7) is -0.807. The molecule has 0 spiro atoms. The summed E-state index contributed by atoms with van der Waals surface area (Å²) in [5, 5.41) is 2.92. The molecule has 5 heteroatoms. The lowest BCUT2D eigenvalue weighted by Gasteiger charge is -2.29. The van der Waals surface area contributed by atoms with E-state index in [0.29, 0.717) is 18.4 Å². The molecule has 0 saturated heterocycles. The molecule has 2 aliphatic rings. The minimum atomic E-state index is -0.807. The van der Waals surface area contributed by atoms with Crippen LogP contribution in [0, 0.1) is 0 Å². The lowest BCUT2D eigenvalue weighted by Crippen LogP contribution is -2.31. The molecule has 3 rings (SSSR count). The quantitative estimate of drug-likeness (QED) is 0.871. The Bertz CT molecular complexity index is 691. The molecular weight excluding hydrogens is 285 g/mol. The standard InChI is InChI=1S/C17H16FNO3/c1-22-17(21)16-12(9-18)19-11-7-8-13(20)15(11)14(16)10-5-3-2-4-6-10/h2-6,14,19H,7-9H2,1H3. The number of methoxy groups -OCH3 is 1. The summed E-state index contributed by atoms with van der Waals surface area (Å²) in [6, 6.07) is 9.20. The Balaban J connectivity index is 2.19. The largest absolute Gasteiger partial charge is 0.466 e. The summed E-state index contributed by atoms with van der Waals surface area (Å²) in [4.78, 5) is 24.5. The number of carbonyl (C=O) groups is 2. The highest BCUT2D eigenvalue weighted by Crippen LogP contribution is 2.43. The first-order valence-electron chi connectivity index (χ1n) is 7.13. The Morgan fingerprint density at radius 3 is 2.68 bits per heavy atom.